The van der Waals surface area contributed by atoms with Gasteiger partial charge in [0.15, 0.2) is 5.82 Å². The van der Waals surface area contributed by atoms with Gasteiger partial charge in [0.1, 0.15) is 5.69 Å². The molecule has 1 aromatic carbocycles. The molecule has 0 amide bonds. The number of hydrogen-bond donors (Lipinski definition) is 1. The highest BCUT2D eigenvalue weighted by molar-refractivity contribution is 5.63. The van der Waals surface area contributed by atoms with Gasteiger partial charge < -0.3 is 5.32 Å². The molecule has 1 N–H and O–H groups in total. The molecule has 4 nitrogen and oxygen atoms in total. The average molecular weight is 290 g/mol. The second-order valence-corrected chi connectivity index (χ2v) is 6.99. The monoisotopic (exact) mass is 290 g/mol. The first kappa shape index (κ1) is 13.0. The van der Waals surface area contributed by atoms with Crippen LogP contribution >= 0.6 is 0 Å². The maximum absolute atomic E-state index is 14.1. The lowest BCUT2D eigenvalue weighted by Crippen LogP contribution is -2.51. The number of nitro benzene ring substituents is 1. The molecule has 0 heterocycles. The predicted molar refractivity (Wildman–Crippen MR) is 77.5 cm³/mol. The summed E-state index contributed by atoms with van der Waals surface area (Å²) in [5.41, 5.74) is -0.0659. The van der Waals surface area contributed by atoms with Gasteiger partial charge in [0.05, 0.1) is 4.92 Å². The molecule has 4 aliphatic carbocycles. The third kappa shape index (κ3) is 2.10. The summed E-state index contributed by atoms with van der Waals surface area (Å²) in [6, 6.07) is 4.27. The van der Waals surface area contributed by atoms with Crippen molar-refractivity contribution in [2.45, 2.75) is 38.1 Å². The van der Waals surface area contributed by atoms with E-state index in [0.717, 1.165) is 11.8 Å². The van der Waals surface area contributed by atoms with Crippen molar-refractivity contribution in [2.75, 3.05) is 5.32 Å². The SMILES string of the molecule is O=[N+]([O-])c1cccc(F)c1NC1C2CC3CC(C2)CC1C3. The van der Waals surface area contributed by atoms with Crippen LogP contribution in [-0.4, -0.2) is 11.0 Å². The first-order valence-corrected chi connectivity index (χ1v) is 7.81. The molecule has 21 heavy (non-hydrogen) atoms. The maximum atomic E-state index is 14.1. The molecule has 0 unspecified atom stereocenters. The van der Waals surface area contributed by atoms with Crippen LogP contribution in [0.2, 0.25) is 0 Å². The van der Waals surface area contributed by atoms with E-state index in [1.807, 2.05) is 0 Å². The first-order valence-electron chi connectivity index (χ1n) is 7.81. The molecular formula is C16H19FN2O2. The lowest BCUT2D eigenvalue weighted by molar-refractivity contribution is -0.384. The molecule has 5 rings (SSSR count). The van der Waals surface area contributed by atoms with Crippen LogP contribution in [0, 0.1) is 39.6 Å². The highest BCUT2D eigenvalue weighted by atomic mass is 19.1. The number of rotatable bonds is 3. The largest absolute Gasteiger partial charge is 0.374 e. The highest BCUT2D eigenvalue weighted by Crippen LogP contribution is 2.54. The summed E-state index contributed by atoms with van der Waals surface area (Å²) in [7, 11) is 0. The third-order valence-electron chi connectivity index (χ3n) is 5.73. The lowest BCUT2D eigenvalue weighted by atomic mass is 9.54. The predicted octanol–water partition coefficient (Wildman–Crippen LogP) is 3.97. The highest BCUT2D eigenvalue weighted by Gasteiger charge is 2.48. The Morgan fingerprint density at radius 1 is 1.10 bits per heavy atom. The van der Waals surface area contributed by atoms with Crippen LogP contribution in [0.1, 0.15) is 32.1 Å². The molecule has 4 saturated carbocycles. The van der Waals surface area contributed by atoms with Gasteiger partial charge in [-0.15, -0.1) is 0 Å². The number of benzene rings is 1. The molecule has 0 atom stereocenters. The molecule has 0 radical (unpaired) electrons. The Balaban J connectivity index is 1.63. The van der Waals surface area contributed by atoms with Gasteiger partial charge in [-0.25, -0.2) is 4.39 Å². The molecule has 0 aromatic heterocycles. The average Bonchev–Trinajstić information content (AvgIpc) is 2.43. The van der Waals surface area contributed by atoms with Crippen molar-refractivity contribution in [1.82, 2.24) is 0 Å². The number of nitrogens with zero attached hydrogens (tertiary/aromatic N) is 1. The van der Waals surface area contributed by atoms with Crippen molar-refractivity contribution in [2.24, 2.45) is 23.7 Å². The lowest BCUT2D eigenvalue weighted by Gasteiger charge is -2.54. The van der Waals surface area contributed by atoms with Crippen molar-refractivity contribution < 1.29 is 9.31 Å². The number of hydrogen-bond acceptors (Lipinski definition) is 3. The minimum atomic E-state index is -0.516. The van der Waals surface area contributed by atoms with E-state index in [-0.39, 0.29) is 17.4 Å². The molecule has 4 fully saturated rings. The minimum Gasteiger partial charge on any atom is -0.374 e. The summed E-state index contributed by atoms with van der Waals surface area (Å²) in [6.07, 6.45) is 6.17. The summed E-state index contributed by atoms with van der Waals surface area (Å²) in [4.78, 5) is 10.6. The summed E-state index contributed by atoms with van der Waals surface area (Å²) < 4.78 is 14.1. The second-order valence-electron chi connectivity index (χ2n) is 6.99. The number of para-hydroxylation sites is 1. The van der Waals surface area contributed by atoms with E-state index in [0.29, 0.717) is 11.8 Å². The quantitative estimate of drug-likeness (QED) is 0.677. The van der Waals surface area contributed by atoms with Crippen molar-refractivity contribution in [3.05, 3.63) is 34.1 Å². The van der Waals surface area contributed by atoms with Gasteiger partial charge in [-0.2, -0.15) is 0 Å². The van der Waals surface area contributed by atoms with Crippen LogP contribution in [0.15, 0.2) is 18.2 Å². The van der Waals surface area contributed by atoms with Crippen LogP contribution < -0.4 is 5.32 Å². The fourth-order valence-corrected chi connectivity index (χ4v) is 5.14. The molecule has 112 valence electrons. The molecule has 0 spiro atoms. The van der Waals surface area contributed by atoms with Crippen LogP contribution in [0.3, 0.4) is 0 Å². The van der Waals surface area contributed by atoms with Gasteiger partial charge in [-0.05, 0) is 61.8 Å². The van der Waals surface area contributed by atoms with E-state index in [1.165, 1.54) is 50.3 Å². The maximum Gasteiger partial charge on any atom is 0.295 e. The smallest absolute Gasteiger partial charge is 0.295 e. The Hall–Kier alpha value is -1.65. The molecule has 0 saturated heterocycles. The van der Waals surface area contributed by atoms with E-state index in [4.69, 9.17) is 0 Å². The molecule has 5 heteroatoms. The Bertz CT molecular complexity index is 562. The van der Waals surface area contributed by atoms with E-state index >= 15 is 0 Å². The van der Waals surface area contributed by atoms with Crippen LogP contribution in [0.25, 0.3) is 0 Å². The standard InChI is InChI=1S/C16H19FN2O2/c17-13-2-1-3-14(19(20)21)16(13)18-15-11-5-9-4-10(7-11)8-12(15)6-9/h1-3,9-12,15,18H,4-8H2. The van der Waals surface area contributed by atoms with E-state index in [1.54, 1.807) is 0 Å². The molecule has 4 aliphatic rings. The fourth-order valence-electron chi connectivity index (χ4n) is 5.14. The number of anilines is 1. The number of nitrogens with one attached hydrogen (secondary N) is 1. The normalized spacial score (nSPS) is 36.7. The van der Waals surface area contributed by atoms with E-state index in [9.17, 15) is 14.5 Å². The van der Waals surface area contributed by atoms with Gasteiger partial charge in [0.2, 0.25) is 0 Å². The van der Waals surface area contributed by atoms with Crippen LogP contribution in [-0.2, 0) is 0 Å². The minimum absolute atomic E-state index is 0.0833. The molecule has 4 bridgehead atoms. The van der Waals surface area contributed by atoms with Crippen molar-refractivity contribution >= 4 is 11.4 Å². The Morgan fingerprint density at radius 2 is 1.71 bits per heavy atom. The first-order chi connectivity index (χ1) is 10.1. The molecular weight excluding hydrogens is 271 g/mol. The van der Waals surface area contributed by atoms with Gasteiger partial charge in [-0.3, -0.25) is 10.1 Å². The third-order valence-corrected chi connectivity index (χ3v) is 5.73. The summed E-state index contributed by atoms with van der Waals surface area (Å²) >= 11 is 0. The summed E-state index contributed by atoms with van der Waals surface area (Å²) in [5.74, 6) is 2.27. The van der Waals surface area contributed by atoms with Gasteiger partial charge >= 0.3 is 0 Å². The molecule has 0 aliphatic heterocycles. The Labute approximate surface area is 122 Å². The number of nitro groups is 1. The fraction of sp³-hybridized carbons (Fsp3) is 0.625. The zero-order valence-corrected chi connectivity index (χ0v) is 11.8. The summed E-state index contributed by atoms with van der Waals surface area (Å²) in [5, 5.41) is 14.3. The Kier molecular flexibility index (Phi) is 2.91. The zero-order chi connectivity index (χ0) is 14.6. The van der Waals surface area contributed by atoms with Crippen LogP contribution in [0.4, 0.5) is 15.8 Å². The van der Waals surface area contributed by atoms with Gasteiger partial charge in [-0.1, -0.05) is 6.07 Å². The number of halogens is 1. The Morgan fingerprint density at radius 3 is 2.29 bits per heavy atom. The van der Waals surface area contributed by atoms with Crippen molar-refractivity contribution in [3.63, 3.8) is 0 Å². The van der Waals surface area contributed by atoms with Crippen LogP contribution in [0.5, 0.6) is 0 Å². The zero-order valence-electron chi connectivity index (χ0n) is 11.8. The van der Waals surface area contributed by atoms with Gasteiger partial charge in [0.25, 0.3) is 5.69 Å². The summed E-state index contributed by atoms with van der Waals surface area (Å²) in [6.45, 7) is 0. The van der Waals surface area contributed by atoms with Gasteiger partial charge in [0, 0.05) is 12.1 Å². The second kappa shape index (κ2) is 4.68. The van der Waals surface area contributed by atoms with E-state index in [2.05, 4.69) is 5.32 Å². The van der Waals surface area contributed by atoms with E-state index < -0.39 is 10.7 Å². The topological polar surface area (TPSA) is 55.2 Å². The van der Waals surface area contributed by atoms with Crippen molar-refractivity contribution in [1.29, 1.82) is 0 Å². The van der Waals surface area contributed by atoms with Crippen molar-refractivity contribution in [3.8, 4) is 0 Å². The molecule has 1 aromatic rings.